The fourth-order valence-electron chi connectivity index (χ4n) is 3.63. The summed E-state index contributed by atoms with van der Waals surface area (Å²) in [6, 6.07) is 11.7. The molecule has 0 spiro atoms. The van der Waals surface area contributed by atoms with Crippen LogP contribution in [0.1, 0.15) is 37.0 Å². The number of nitrogens with one attached hydrogen (secondary N) is 1. The molecule has 8 nitrogen and oxygen atoms in total. The van der Waals surface area contributed by atoms with E-state index in [4.69, 9.17) is 4.74 Å². The molecule has 9 heteroatoms. The van der Waals surface area contributed by atoms with Crippen molar-refractivity contribution in [2.75, 3.05) is 30.8 Å². The minimum Gasteiger partial charge on any atom is -0.497 e. The van der Waals surface area contributed by atoms with Gasteiger partial charge in [0.25, 0.3) is 0 Å². The third-order valence-electron chi connectivity index (χ3n) is 5.71. The van der Waals surface area contributed by atoms with Gasteiger partial charge < -0.3 is 15.0 Å². The molecule has 0 aromatic heterocycles. The summed E-state index contributed by atoms with van der Waals surface area (Å²) in [7, 11) is -2.18. The molecule has 0 aliphatic carbocycles. The van der Waals surface area contributed by atoms with Crippen LogP contribution in [0.5, 0.6) is 5.75 Å². The number of aryl methyl sites for hydroxylation is 2. The number of carbonyl (C=O) groups excluding carboxylic acids is 2. The van der Waals surface area contributed by atoms with E-state index in [1.54, 1.807) is 31.4 Å². The lowest BCUT2D eigenvalue weighted by Crippen LogP contribution is -2.52. The van der Waals surface area contributed by atoms with Crippen LogP contribution in [0.25, 0.3) is 0 Å². The maximum absolute atomic E-state index is 13.6. The molecule has 0 aliphatic rings. The van der Waals surface area contributed by atoms with E-state index in [0.29, 0.717) is 24.4 Å². The highest BCUT2D eigenvalue weighted by Crippen LogP contribution is 2.23. The van der Waals surface area contributed by atoms with Gasteiger partial charge in [0.15, 0.2) is 0 Å². The van der Waals surface area contributed by atoms with Gasteiger partial charge in [-0.3, -0.25) is 13.9 Å². The van der Waals surface area contributed by atoms with Crippen molar-refractivity contribution in [3.8, 4) is 5.75 Å². The van der Waals surface area contributed by atoms with Gasteiger partial charge in [0.05, 0.1) is 19.1 Å². The lowest BCUT2D eigenvalue weighted by Gasteiger charge is -2.33. The molecule has 0 unspecified atom stereocenters. The summed E-state index contributed by atoms with van der Waals surface area (Å²) in [5, 5.41) is 2.78. The summed E-state index contributed by atoms with van der Waals surface area (Å²) in [5.74, 6) is -0.0584. The summed E-state index contributed by atoms with van der Waals surface area (Å²) >= 11 is 0. The first-order valence-corrected chi connectivity index (χ1v) is 13.1. The molecule has 2 rings (SSSR count). The molecule has 2 aromatic carbocycles. The number of amides is 2. The van der Waals surface area contributed by atoms with E-state index in [9.17, 15) is 18.0 Å². The fraction of sp³-hybridized carbons (Fsp3) is 0.440. The molecular weight excluding hydrogens is 454 g/mol. The van der Waals surface area contributed by atoms with Crippen molar-refractivity contribution in [3.63, 3.8) is 0 Å². The van der Waals surface area contributed by atoms with Gasteiger partial charge in [-0.05, 0) is 68.1 Å². The number of rotatable bonds is 11. The Morgan fingerprint density at radius 1 is 1.03 bits per heavy atom. The van der Waals surface area contributed by atoms with Crippen molar-refractivity contribution in [2.24, 2.45) is 0 Å². The lowest BCUT2D eigenvalue weighted by atomic mass is 10.1. The quantitative estimate of drug-likeness (QED) is 0.523. The molecule has 186 valence electrons. The zero-order valence-electron chi connectivity index (χ0n) is 20.8. The number of ether oxygens (including phenoxy) is 1. The van der Waals surface area contributed by atoms with E-state index < -0.39 is 28.5 Å². The molecule has 0 saturated heterocycles. The molecule has 2 amide bonds. The van der Waals surface area contributed by atoms with Crippen LogP contribution in [0.2, 0.25) is 0 Å². The zero-order valence-corrected chi connectivity index (χ0v) is 21.6. The van der Waals surface area contributed by atoms with Crippen molar-refractivity contribution >= 4 is 27.5 Å². The number of sulfonamides is 1. The van der Waals surface area contributed by atoms with Gasteiger partial charge in [-0.1, -0.05) is 25.1 Å². The highest BCUT2D eigenvalue weighted by molar-refractivity contribution is 7.92. The Labute approximate surface area is 202 Å². The summed E-state index contributed by atoms with van der Waals surface area (Å²) in [6.45, 7) is 7.63. The van der Waals surface area contributed by atoms with Crippen LogP contribution in [0.3, 0.4) is 0 Å². The van der Waals surface area contributed by atoms with E-state index in [0.717, 1.165) is 27.3 Å². The number of anilines is 1. The van der Waals surface area contributed by atoms with Crippen LogP contribution < -0.4 is 14.4 Å². The third-order valence-corrected chi connectivity index (χ3v) is 6.85. The van der Waals surface area contributed by atoms with Gasteiger partial charge in [-0.2, -0.15) is 0 Å². The maximum atomic E-state index is 13.6. The summed E-state index contributed by atoms with van der Waals surface area (Å²) < 4.78 is 31.6. The highest BCUT2D eigenvalue weighted by Gasteiger charge is 2.31. The topological polar surface area (TPSA) is 96.0 Å². The second kappa shape index (κ2) is 11.9. The second-order valence-electron chi connectivity index (χ2n) is 8.23. The fourth-order valence-corrected chi connectivity index (χ4v) is 4.48. The van der Waals surface area contributed by atoms with Crippen molar-refractivity contribution in [1.29, 1.82) is 0 Å². The van der Waals surface area contributed by atoms with Crippen LogP contribution in [-0.4, -0.2) is 57.6 Å². The molecule has 2 aromatic rings. The molecule has 0 saturated carbocycles. The third kappa shape index (κ3) is 6.96. The van der Waals surface area contributed by atoms with Crippen LogP contribution in [0, 0.1) is 13.8 Å². The molecule has 0 aliphatic heterocycles. The Bertz CT molecular complexity index is 1100. The number of carbonyl (C=O) groups is 2. The molecule has 0 fully saturated rings. The van der Waals surface area contributed by atoms with Crippen molar-refractivity contribution in [1.82, 2.24) is 10.2 Å². The highest BCUT2D eigenvalue weighted by atomic mass is 32.2. The molecule has 1 N–H and O–H groups in total. The Morgan fingerprint density at radius 2 is 1.68 bits per heavy atom. The lowest BCUT2D eigenvalue weighted by molar-refractivity contribution is -0.140. The summed E-state index contributed by atoms with van der Waals surface area (Å²) in [5.41, 5.74) is 3.15. The Kier molecular flexibility index (Phi) is 9.49. The molecule has 0 bridgehead atoms. The average Bonchev–Trinajstić information content (AvgIpc) is 2.79. The van der Waals surface area contributed by atoms with Gasteiger partial charge >= 0.3 is 0 Å². The smallest absolute Gasteiger partial charge is 0.244 e. The molecule has 34 heavy (non-hydrogen) atoms. The van der Waals surface area contributed by atoms with Crippen LogP contribution in [0.4, 0.5) is 5.69 Å². The van der Waals surface area contributed by atoms with E-state index in [2.05, 4.69) is 5.32 Å². The van der Waals surface area contributed by atoms with Gasteiger partial charge in [0.1, 0.15) is 18.3 Å². The number of nitrogens with zero attached hydrogens (tertiary/aromatic N) is 2. The average molecular weight is 490 g/mol. The summed E-state index contributed by atoms with van der Waals surface area (Å²) in [6.07, 6.45) is 1.46. The Morgan fingerprint density at radius 3 is 2.18 bits per heavy atom. The van der Waals surface area contributed by atoms with Crippen molar-refractivity contribution in [2.45, 2.75) is 46.7 Å². The number of methoxy groups -OCH3 is 1. The normalized spacial score (nSPS) is 12.1. The number of likely N-dealkylation sites (N-methyl/N-ethyl adjacent to an activating group) is 1. The number of benzene rings is 2. The molecule has 1 atom stereocenters. The maximum Gasteiger partial charge on any atom is 0.244 e. The van der Waals surface area contributed by atoms with E-state index >= 15 is 0 Å². The van der Waals surface area contributed by atoms with Crippen LogP contribution >= 0.6 is 0 Å². The molecule has 0 heterocycles. The zero-order chi connectivity index (χ0) is 25.5. The minimum absolute atomic E-state index is 0.156. The van der Waals surface area contributed by atoms with Crippen molar-refractivity contribution < 1.29 is 22.7 Å². The first-order valence-electron chi connectivity index (χ1n) is 11.3. The number of hydrogen-bond donors (Lipinski definition) is 1. The SMILES string of the molecule is CCNC(=O)[C@@H](CC)N(Cc1ccc(OC)cc1)C(=O)CN(c1ccc(C)c(C)c1)S(C)(=O)=O. The molecule has 0 radical (unpaired) electrons. The first kappa shape index (κ1) is 27.2. The van der Waals surface area contributed by atoms with Crippen molar-refractivity contribution in [3.05, 3.63) is 59.2 Å². The van der Waals surface area contributed by atoms with Gasteiger partial charge in [-0.25, -0.2) is 8.42 Å². The van der Waals surface area contributed by atoms with Gasteiger partial charge in [0, 0.05) is 13.1 Å². The predicted molar refractivity (Wildman–Crippen MR) is 134 cm³/mol. The van der Waals surface area contributed by atoms with E-state index in [1.807, 2.05) is 45.9 Å². The monoisotopic (exact) mass is 489 g/mol. The standard InChI is InChI=1S/C25H35N3O5S/c1-7-23(25(30)26-8-2)27(16-20-10-13-22(33-5)14-11-20)24(29)17-28(34(6,31)32)21-12-9-18(3)19(4)15-21/h9-15,23H,7-8,16-17H2,1-6H3,(H,26,30)/t23-/m1/s1. The summed E-state index contributed by atoms with van der Waals surface area (Å²) in [4.78, 5) is 27.8. The largest absolute Gasteiger partial charge is 0.497 e. The van der Waals surface area contributed by atoms with Gasteiger partial charge in [0.2, 0.25) is 21.8 Å². The van der Waals surface area contributed by atoms with Crippen LogP contribution in [0.15, 0.2) is 42.5 Å². The van der Waals surface area contributed by atoms with E-state index in [-0.39, 0.29) is 12.5 Å². The van der Waals surface area contributed by atoms with Crippen LogP contribution in [-0.2, 0) is 26.2 Å². The minimum atomic E-state index is -3.75. The van der Waals surface area contributed by atoms with Gasteiger partial charge in [-0.15, -0.1) is 0 Å². The van der Waals surface area contributed by atoms with E-state index in [1.165, 1.54) is 4.90 Å². The molecular formula is C25H35N3O5S. The predicted octanol–water partition coefficient (Wildman–Crippen LogP) is 3.02. The Balaban J connectivity index is 2.44. The second-order valence-corrected chi connectivity index (χ2v) is 10.1. The first-order chi connectivity index (χ1) is 16.0. The Hall–Kier alpha value is -3.07. The number of hydrogen-bond acceptors (Lipinski definition) is 5.